The van der Waals surface area contributed by atoms with Crippen LogP contribution in [0.3, 0.4) is 0 Å². The minimum absolute atomic E-state index is 0. The van der Waals surface area contributed by atoms with Crippen LogP contribution in [0.5, 0.6) is 5.75 Å². The van der Waals surface area contributed by atoms with Crippen molar-refractivity contribution in [3.63, 3.8) is 0 Å². The third-order valence-electron chi connectivity index (χ3n) is 4.26. The minimum Gasteiger partial charge on any atom is -0.744 e. The maximum Gasteiger partial charge on any atom is 1.00 e. The molecular formula is C18H14N2Na2O7S2. The molecule has 0 fully saturated rings. The van der Waals surface area contributed by atoms with Crippen LogP contribution in [0.15, 0.2) is 62.5 Å². The van der Waals surface area contributed by atoms with Gasteiger partial charge in [0.2, 0.25) is 0 Å². The van der Waals surface area contributed by atoms with Crippen molar-refractivity contribution < 1.29 is 90.2 Å². The first-order chi connectivity index (χ1) is 13.4. The number of hydrogen-bond donors (Lipinski definition) is 1. The predicted molar refractivity (Wildman–Crippen MR) is 102 cm³/mol. The van der Waals surface area contributed by atoms with E-state index in [4.69, 9.17) is 0 Å². The molecule has 13 heteroatoms. The molecule has 152 valence electrons. The van der Waals surface area contributed by atoms with Gasteiger partial charge in [0, 0.05) is 10.8 Å². The summed E-state index contributed by atoms with van der Waals surface area (Å²) in [6.07, 6.45) is 0. The molecule has 0 aliphatic heterocycles. The molecule has 3 rings (SSSR count). The standard InChI is InChI=1S/C18H16N2O7S2.2Na/c1-10-7-11(2)16(28(22,23)24)8-14(10)19-20-15-9-17(29(25,26)27)12-5-3-4-6-13(12)18(15)21;;/h3-9,21H,1-2H3,(H,22,23,24)(H,25,26,27);;/q;2*+1/p-2/b20-19+;;. The molecule has 0 amide bonds. The number of aromatic hydroxyl groups is 1. The summed E-state index contributed by atoms with van der Waals surface area (Å²) >= 11 is 0. The van der Waals surface area contributed by atoms with Crippen molar-refractivity contribution in [2.24, 2.45) is 10.2 Å². The SMILES string of the molecule is Cc1cc(C)c(S(=O)(=O)[O-])cc1/N=N/c1cc(S(=O)(=O)[O-])c2ccccc2c1O.[Na+].[Na+]. The van der Waals surface area contributed by atoms with Crippen LogP contribution < -0.4 is 59.1 Å². The molecule has 0 spiro atoms. The predicted octanol–water partition coefficient (Wildman–Crippen LogP) is -2.61. The van der Waals surface area contributed by atoms with Gasteiger partial charge < -0.3 is 14.2 Å². The maximum atomic E-state index is 11.6. The van der Waals surface area contributed by atoms with E-state index in [1.165, 1.54) is 31.2 Å². The van der Waals surface area contributed by atoms with E-state index < -0.39 is 35.8 Å². The Morgan fingerprint density at radius 1 is 0.742 bits per heavy atom. The van der Waals surface area contributed by atoms with Gasteiger partial charge in [-0.25, -0.2) is 16.8 Å². The minimum atomic E-state index is -4.87. The van der Waals surface area contributed by atoms with Gasteiger partial charge in [-0.05, 0) is 37.1 Å². The molecule has 0 unspecified atom stereocenters. The molecule has 0 radical (unpaired) electrons. The fourth-order valence-corrected chi connectivity index (χ4v) is 4.31. The van der Waals surface area contributed by atoms with Crippen LogP contribution in [0.2, 0.25) is 0 Å². The van der Waals surface area contributed by atoms with E-state index in [1.54, 1.807) is 13.0 Å². The number of aryl methyl sites for hydroxylation is 2. The van der Waals surface area contributed by atoms with Crippen LogP contribution in [0, 0.1) is 13.8 Å². The van der Waals surface area contributed by atoms with Gasteiger partial charge in [0.15, 0.2) is 5.75 Å². The molecule has 1 N–H and O–H groups in total. The summed E-state index contributed by atoms with van der Waals surface area (Å²) in [7, 11) is -9.62. The van der Waals surface area contributed by atoms with Gasteiger partial charge in [0.1, 0.15) is 25.9 Å². The Balaban J connectivity index is 0.00000240. The number of azo groups is 1. The molecule has 31 heavy (non-hydrogen) atoms. The Kier molecular flexibility index (Phi) is 9.44. The second kappa shape index (κ2) is 10.4. The molecule has 0 atom stereocenters. The monoisotopic (exact) mass is 480 g/mol. The average molecular weight is 480 g/mol. The Labute approximate surface area is 223 Å². The molecule has 0 aliphatic rings. The first-order valence-corrected chi connectivity index (χ1v) is 10.9. The summed E-state index contributed by atoms with van der Waals surface area (Å²) < 4.78 is 69.0. The van der Waals surface area contributed by atoms with Gasteiger partial charge in [-0.2, -0.15) is 5.11 Å². The number of fused-ring (bicyclic) bond motifs is 1. The van der Waals surface area contributed by atoms with Crippen LogP contribution in [0.4, 0.5) is 11.4 Å². The van der Waals surface area contributed by atoms with Gasteiger partial charge in [0.25, 0.3) is 0 Å². The maximum absolute atomic E-state index is 11.6. The number of rotatable bonds is 4. The van der Waals surface area contributed by atoms with E-state index in [0.29, 0.717) is 5.56 Å². The molecule has 3 aromatic rings. The molecule has 0 heterocycles. The number of phenols is 1. The fourth-order valence-electron chi connectivity index (χ4n) is 2.90. The van der Waals surface area contributed by atoms with E-state index in [1.807, 2.05) is 0 Å². The zero-order valence-corrected chi connectivity index (χ0v) is 22.8. The summed E-state index contributed by atoms with van der Waals surface area (Å²) in [5.74, 6) is -0.404. The normalized spacial score (nSPS) is 11.9. The van der Waals surface area contributed by atoms with E-state index in [-0.39, 0.29) is 86.8 Å². The van der Waals surface area contributed by atoms with Crippen LogP contribution in [0.1, 0.15) is 11.1 Å². The van der Waals surface area contributed by atoms with Gasteiger partial charge in [-0.15, -0.1) is 5.11 Å². The first-order valence-electron chi connectivity index (χ1n) is 8.09. The summed E-state index contributed by atoms with van der Waals surface area (Å²) in [6.45, 7) is 3.07. The Morgan fingerprint density at radius 2 is 1.23 bits per heavy atom. The van der Waals surface area contributed by atoms with Crippen LogP contribution in [-0.4, -0.2) is 31.0 Å². The molecule has 9 nitrogen and oxygen atoms in total. The summed E-state index contributed by atoms with van der Waals surface area (Å²) in [6, 6.07) is 9.21. The second-order valence-electron chi connectivity index (χ2n) is 6.30. The molecule has 3 aromatic carbocycles. The molecule has 0 bridgehead atoms. The zero-order valence-electron chi connectivity index (χ0n) is 17.1. The van der Waals surface area contributed by atoms with Crippen molar-refractivity contribution in [1.29, 1.82) is 0 Å². The van der Waals surface area contributed by atoms with Crippen molar-refractivity contribution in [2.45, 2.75) is 23.6 Å². The van der Waals surface area contributed by atoms with Crippen LogP contribution in [-0.2, 0) is 20.2 Å². The number of benzene rings is 3. The van der Waals surface area contributed by atoms with Crippen molar-refractivity contribution >= 4 is 42.4 Å². The largest absolute Gasteiger partial charge is 1.00 e. The quantitative estimate of drug-likeness (QED) is 0.243. The fraction of sp³-hybridized carbons (Fsp3) is 0.111. The van der Waals surface area contributed by atoms with Gasteiger partial charge in [-0.3, -0.25) is 0 Å². The molecule has 0 aliphatic carbocycles. The van der Waals surface area contributed by atoms with Crippen LogP contribution in [0.25, 0.3) is 10.8 Å². The summed E-state index contributed by atoms with van der Waals surface area (Å²) in [5.41, 5.74) is 0.467. The molecule has 0 saturated heterocycles. The van der Waals surface area contributed by atoms with E-state index >= 15 is 0 Å². The first kappa shape index (κ1) is 28.2. The van der Waals surface area contributed by atoms with Gasteiger partial charge >= 0.3 is 59.1 Å². The topological polar surface area (TPSA) is 159 Å². The number of phenolic OH excluding ortho intramolecular Hbond substituents is 1. The van der Waals surface area contributed by atoms with Crippen molar-refractivity contribution in [1.82, 2.24) is 0 Å². The Bertz CT molecular complexity index is 1390. The second-order valence-corrected chi connectivity index (χ2v) is 9.00. The third kappa shape index (κ3) is 6.14. The molecule has 0 aromatic heterocycles. The van der Waals surface area contributed by atoms with Gasteiger partial charge in [0.05, 0.1) is 15.5 Å². The molecular weight excluding hydrogens is 466 g/mol. The molecule has 0 saturated carbocycles. The van der Waals surface area contributed by atoms with E-state index in [2.05, 4.69) is 10.2 Å². The average Bonchev–Trinajstić information content (AvgIpc) is 2.60. The third-order valence-corrected chi connectivity index (χ3v) is 6.11. The van der Waals surface area contributed by atoms with Crippen molar-refractivity contribution in [3.05, 3.63) is 53.6 Å². The number of nitrogens with zero attached hydrogens (tertiary/aromatic N) is 2. The Morgan fingerprint density at radius 3 is 1.77 bits per heavy atom. The van der Waals surface area contributed by atoms with E-state index in [0.717, 1.165) is 12.1 Å². The van der Waals surface area contributed by atoms with E-state index in [9.17, 15) is 31.0 Å². The van der Waals surface area contributed by atoms with Gasteiger partial charge in [-0.1, -0.05) is 30.3 Å². The van der Waals surface area contributed by atoms with Crippen molar-refractivity contribution in [3.8, 4) is 5.75 Å². The smallest absolute Gasteiger partial charge is 0.744 e. The number of hydrogen-bond acceptors (Lipinski definition) is 9. The summed E-state index contributed by atoms with van der Waals surface area (Å²) in [5, 5.41) is 18.2. The Hall–Kier alpha value is -0.860. The summed E-state index contributed by atoms with van der Waals surface area (Å²) in [4.78, 5) is -1.05. The van der Waals surface area contributed by atoms with Crippen LogP contribution >= 0.6 is 0 Å². The van der Waals surface area contributed by atoms with Crippen molar-refractivity contribution in [2.75, 3.05) is 0 Å². The zero-order chi connectivity index (χ0) is 21.6.